The molecule has 3 aromatic carbocycles. The first kappa shape index (κ1) is 25.8. The van der Waals surface area contributed by atoms with Gasteiger partial charge < -0.3 is 14.4 Å². The number of nitrogens with zero attached hydrogens (tertiary/aromatic N) is 3. The van der Waals surface area contributed by atoms with Gasteiger partial charge in [-0.05, 0) is 24.6 Å². The van der Waals surface area contributed by atoms with Crippen molar-refractivity contribution in [2.45, 2.75) is 13.5 Å². The molecular formula is C25H21F2N3O6. The maximum atomic E-state index is 13.9. The molecule has 0 saturated heterocycles. The van der Waals surface area contributed by atoms with Crippen LogP contribution in [0.15, 0.2) is 82.4 Å². The first-order valence-corrected chi connectivity index (χ1v) is 10.5. The minimum Gasteiger partial charge on any atom is -0.504 e. The van der Waals surface area contributed by atoms with Crippen molar-refractivity contribution >= 4 is 5.69 Å². The Labute approximate surface area is 203 Å². The van der Waals surface area contributed by atoms with E-state index in [0.29, 0.717) is 34.8 Å². The summed E-state index contributed by atoms with van der Waals surface area (Å²) in [6.45, 7) is 1.97. The molecule has 4 aromatic rings. The van der Waals surface area contributed by atoms with E-state index in [1.165, 1.54) is 14.0 Å². The molecule has 36 heavy (non-hydrogen) atoms. The van der Waals surface area contributed by atoms with Crippen LogP contribution >= 0.6 is 0 Å². The maximum Gasteiger partial charge on any atom is 0.335 e. The van der Waals surface area contributed by atoms with Crippen LogP contribution in [0.5, 0.6) is 11.5 Å². The quantitative estimate of drug-likeness (QED) is 0.329. The van der Waals surface area contributed by atoms with E-state index in [1.54, 1.807) is 18.2 Å². The van der Waals surface area contributed by atoms with Crippen molar-refractivity contribution in [3.8, 4) is 17.2 Å². The van der Waals surface area contributed by atoms with Crippen LogP contribution in [-0.4, -0.2) is 19.2 Å². The Hall–Kier alpha value is -4.80. The normalized spacial score (nSPS) is 10.3. The van der Waals surface area contributed by atoms with Gasteiger partial charge >= 0.3 is 11.4 Å². The van der Waals surface area contributed by atoms with Gasteiger partial charge in [0, 0.05) is 24.9 Å². The zero-order chi connectivity index (χ0) is 26.4. The van der Waals surface area contributed by atoms with Crippen molar-refractivity contribution in [2.75, 3.05) is 0 Å². The predicted octanol–water partition coefficient (Wildman–Crippen LogP) is 4.00. The largest absolute Gasteiger partial charge is 0.504 e. The Morgan fingerprint density at radius 3 is 2.25 bits per heavy atom. The third-order valence-corrected chi connectivity index (χ3v) is 5.12. The van der Waals surface area contributed by atoms with E-state index in [-0.39, 0.29) is 5.75 Å². The zero-order valence-electron chi connectivity index (χ0n) is 19.2. The number of hydrogen-bond donors (Lipinski definition) is 1. The molecule has 0 aliphatic rings. The highest BCUT2D eigenvalue weighted by Crippen LogP contribution is 2.25. The highest BCUT2D eigenvalue weighted by molar-refractivity contribution is 5.44. The molecule has 0 atom stereocenters. The Morgan fingerprint density at radius 2 is 1.61 bits per heavy atom. The lowest BCUT2D eigenvalue weighted by atomic mass is 10.2. The number of rotatable bonds is 5. The van der Waals surface area contributed by atoms with E-state index in [1.807, 2.05) is 36.4 Å². The number of benzene rings is 3. The van der Waals surface area contributed by atoms with Gasteiger partial charge in [0.15, 0.2) is 17.3 Å². The van der Waals surface area contributed by atoms with Crippen molar-refractivity contribution < 1.29 is 23.5 Å². The number of ether oxygens (including phenoxy) is 1. The van der Waals surface area contributed by atoms with Crippen LogP contribution in [0.3, 0.4) is 0 Å². The fourth-order valence-electron chi connectivity index (χ4n) is 3.11. The SMILES string of the molecule is Cc1cc(=O)n(-c2cc(F)c([N+](=O)[O-])cc2F)c(=O)n1C.Oc1ccccc1OCc1ccccc1. The number of hydrogen-bond acceptors (Lipinski definition) is 6. The van der Waals surface area contributed by atoms with Gasteiger partial charge in [0.05, 0.1) is 16.7 Å². The summed E-state index contributed by atoms with van der Waals surface area (Å²) in [4.78, 5) is 33.2. The van der Waals surface area contributed by atoms with Gasteiger partial charge in [0.2, 0.25) is 5.82 Å². The van der Waals surface area contributed by atoms with Crippen LogP contribution in [0.25, 0.3) is 5.69 Å². The highest BCUT2D eigenvalue weighted by atomic mass is 19.1. The second-order valence-corrected chi connectivity index (χ2v) is 7.56. The van der Waals surface area contributed by atoms with Gasteiger partial charge in [0.25, 0.3) is 5.56 Å². The lowest BCUT2D eigenvalue weighted by molar-refractivity contribution is -0.387. The van der Waals surface area contributed by atoms with Crippen LogP contribution < -0.4 is 16.0 Å². The van der Waals surface area contributed by atoms with Gasteiger partial charge in [-0.1, -0.05) is 42.5 Å². The molecular weight excluding hydrogens is 476 g/mol. The topological polar surface area (TPSA) is 117 Å². The minimum absolute atomic E-state index is 0.174. The van der Waals surface area contributed by atoms with Crippen LogP contribution in [0.1, 0.15) is 11.3 Å². The summed E-state index contributed by atoms with van der Waals surface area (Å²) in [5.41, 5.74) is -2.07. The van der Waals surface area contributed by atoms with Gasteiger partial charge in [-0.25, -0.2) is 13.8 Å². The van der Waals surface area contributed by atoms with E-state index in [0.717, 1.165) is 16.2 Å². The Bertz CT molecular complexity index is 1520. The monoisotopic (exact) mass is 497 g/mol. The van der Waals surface area contributed by atoms with Crippen LogP contribution in [0.2, 0.25) is 0 Å². The van der Waals surface area contributed by atoms with Crippen molar-refractivity contribution in [3.63, 3.8) is 0 Å². The van der Waals surface area contributed by atoms with Crippen molar-refractivity contribution in [3.05, 3.63) is 127 Å². The smallest absolute Gasteiger partial charge is 0.335 e. The molecule has 0 spiro atoms. The van der Waals surface area contributed by atoms with Gasteiger partial charge in [0.1, 0.15) is 6.61 Å². The van der Waals surface area contributed by atoms with Gasteiger partial charge in [-0.3, -0.25) is 14.9 Å². The molecule has 0 bridgehead atoms. The molecule has 11 heteroatoms. The Balaban J connectivity index is 0.000000212. The third-order valence-electron chi connectivity index (χ3n) is 5.12. The Kier molecular flexibility index (Phi) is 7.95. The van der Waals surface area contributed by atoms with Crippen LogP contribution in [-0.2, 0) is 13.7 Å². The van der Waals surface area contributed by atoms with E-state index in [4.69, 9.17) is 4.74 Å². The number of phenolic OH excluding ortho intramolecular Hbond substituents is 1. The second kappa shape index (κ2) is 11.1. The molecule has 9 nitrogen and oxygen atoms in total. The molecule has 0 aliphatic heterocycles. The number of aryl methyl sites for hydroxylation is 1. The average Bonchev–Trinajstić information content (AvgIpc) is 2.85. The first-order chi connectivity index (χ1) is 17.1. The molecule has 0 saturated carbocycles. The molecule has 4 rings (SSSR count). The Morgan fingerprint density at radius 1 is 0.972 bits per heavy atom. The molecule has 186 valence electrons. The average molecular weight is 497 g/mol. The second-order valence-electron chi connectivity index (χ2n) is 7.56. The molecule has 0 amide bonds. The van der Waals surface area contributed by atoms with Crippen molar-refractivity contribution in [1.29, 1.82) is 0 Å². The lowest BCUT2D eigenvalue weighted by Crippen LogP contribution is -2.38. The number of para-hydroxylation sites is 2. The molecule has 1 N–H and O–H groups in total. The molecule has 0 fully saturated rings. The van der Waals surface area contributed by atoms with E-state index < -0.39 is 39.2 Å². The predicted molar refractivity (Wildman–Crippen MR) is 127 cm³/mol. The molecule has 1 heterocycles. The fourth-order valence-corrected chi connectivity index (χ4v) is 3.11. The van der Waals surface area contributed by atoms with Crippen LogP contribution in [0.4, 0.5) is 14.5 Å². The summed E-state index contributed by atoms with van der Waals surface area (Å²) in [5.74, 6) is -1.90. The summed E-state index contributed by atoms with van der Waals surface area (Å²) in [6, 6.07) is 18.7. The number of phenols is 1. The van der Waals surface area contributed by atoms with Gasteiger partial charge in [-0.15, -0.1) is 0 Å². The molecule has 0 radical (unpaired) electrons. The van der Waals surface area contributed by atoms with Crippen molar-refractivity contribution in [1.82, 2.24) is 9.13 Å². The van der Waals surface area contributed by atoms with E-state index >= 15 is 0 Å². The number of nitro groups is 1. The summed E-state index contributed by atoms with van der Waals surface area (Å²) >= 11 is 0. The minimum atomic E-state index is -1.34. The first-order valence-electron chi connectivity index (χ1n) is 10.5. The highest BCUT2D eigenvalue weighted by Gasteiger charge is 2.21. The number of aromatic nitrogens is 2. The summed E-state index contributed by atoms with van der Waals surface area (Å²) < 4.78 is 34.4. The number of nitro benzene ring substituents is 1. The van der Waals surface area contributed by atoms with Crippen molar-refractivity contribution in [2.24, 2.45) is 7.05 Å². The molecule has 0 aliphatic carbocycles. The molecule has 0 unspecified atom stereocenters. The summed E-state index contributed by atoms with van der Waals surface area (Å²) in [6.07, 6.45) is 0. The lowest BCUT2D eigenvalue weighted by Gasteiger charge is -2.10. The summed E-state index contributed by atoms with van der Waals surface area (Å²) in [7, 11) is 1.35. The van der Waals surface area contributed by atoms with Crippen LogP contribution in [0, 0.1) is 28.7 Å². The fraction of sp³-hybridized carbons (Fsp3) is 0.120. The van der Waals surface area contributed by atoms with Gasteiger partial charge in [-0.2, -0.15) is 4.39 Å². The number of halogens is 2. The standard InChI is InChI=1S/C13H12O2.C12H9F2N3O4/c14-12-8-4-5-9-13(12)15-10-11-6-2-1-3-7-11;1-6-3-11(18)16(12(19)15(6)2)9-4-8(14)10(17(20)21)5-7(9)13/h1-9,14H,10H2;3-5H,1-2H3. The zero-order valence-corrected chi connectivity index (χ0v) is 19.2. The van der Waals surface area contributed by atoms with E-state index in [9.17, 15) is 33.6 Å². The summed E-state index contributed by atoms with van der Waals surface area (Å²) in [5, 5.41) is 20.0. The van der Waals surface area contributed by atoms with E-state index in [2.05, 4.69) is 0 Å². The number of aromatic hydroxyl groups is 1. The molecule has 1 aromatic heterocycles. The maximum absolute atomic E-state index is 13.9. The third kappa shape index (κ3) is 5.81.